The molecule has 1 aromatic carbocycles. The van der Waals surface area contributed by atoms with Crippen LogP contribution in [0.25, 0.3) is 10.8 Å². The van der Waals surface area contributed by atoms with Crippen LogP contribution in [-0.2, 0) is 13.0 Å². The van der Waals surface area contributed by atoms with Crippen LogP contribution >= 0.6 is 0 Å². The van der Waals surface area contributed by atoms with Crippen molar-refractivity contribution in [2.24, 2.45) is 0 Å². The van der Waals surface area contributed by atoms with E-state index in [0.717, 1.165) is 68.6 Å². The second kappa shape index (κ2) is 8.56. The van der Waals surface area contributed by atoms with Crippen molar-refractivity contribution in [3.8, 4) is 0 Å². The second-order valence-corrected chi connectivity index (χ2v) is 6.63. The van der Waals surface area contributed by atoms with Crippen LogP contribution in [0.4, 0.5) is 0 Å². The van der Waals surface area contributed by atoms with Gasteiger partial charge in [0.05, 0.1) is 17.7 Å². The zero-order valence-corrected chi connectivity index (χ0v) is 15.0. The minimum atomic E-state index is 0.0144. The molecule has 0 bridgehead atoms. The molecule has 0 saturated carbocycles. The maximum absolute atomic E-state index is 12.7. The lowest BCUT2D eigenvalue weighted by atomic mass is 10.1. The summed E-state index contributed by atoms with van der Waals surface area (Å²) >= 11 is 0. The molecule has 6 heteroatoms. The maximum atomic E-state index is 12.7. The number of rotatable bonds is 7. The first-order chi connectivity index (χ1) is 12.2. The fraction of sp³-hybridized carbons (Fsp3) is 0.579. The summed E-state index contributed by atoms with van der Waals surface area (Å²) < 4.78 is 1.64. The highest BCUT2D eigenvalue weighted by Crippen LogP contribution is 2.13. The van der Waals surface area contributed by atoms with Crippen LogP contribution in [0.1, 0.15) is 19.0 Å². The highest BCUT2D eigenvalue weighted by atomic mass is 16.3. The number of aliphatic hydroxyl groups is 1. The molecule has 6 nitrogen and oxygen atoms in total. The Bertz CT molecular complexity index is 751. The van der Waals surface area contributed by atoms with Gasteiger partial charge in [-0.25, -0.2) is 4.68 Å². The molecule has 0 amide bonds. The number of fused-ring (bicyclic) bond motifs is 1. The minimum Gasteiger partial charge on any atom is -0.395 e. The normalized spacial score (nSPS) is 16.6. The van der Waals surface area contributed by atoms with E-state index in [1.54, 1.807) is 4.68 Å². The summed E-state index contributed by atoms with van der Waals surface area (Å²) in [5.41, 5.74) is 1.01. The Morgan fingerprint density at radius 3 is 2.28 bits per heavy atom. The molecule has 0 unspecified atom stereocenters. The summed E-state index contributed by atoms with van der Waals surface area (Å²) in [5.74, 6) is 0. The second-order valence-electron chi connectivity index (χ2n) is 6.63. The number of hydrogen-bond acceptors (Lipinski definition) is 5. The van der Waals surface area contributed by atoms with E-state index < -0.39 is 0 Å². The van der Waals surface area contributed by atoms with Gasteiger partial charge in [0.2, 0.25) is 0 Å². The van der Waals surface area contributed by atoms with Crippen molar-refractivity contribution in [2.45, 2.75) is 26.3 Å². The van der Waals surface area contributed by atoms with Crippen molar-refractivity contribution < 1.29 is 5.11 Å². The van der Waals surface area contributed by atoms with Crippen LogP contribution < -0.4 is 5.56 Å². The summed E-state index contributed by atoms with van der Waals surface area (Å²) in [7, 11) is 0. The Kier molecular flexibility index (Phi) is 6.18. The van der Waals surface area contributed by atoms with Gasteiger partial charge in [-0.05, 0) is 18.9 Å². The van der Waals surface area contributed by atoms with Gasteiger partial charge >= 0.3 is 0 Å². The van der Waals surface area contributed by atoms with Crippen LogP contribution in [-0.4, -0.2) is 70.6 Å². The van der Waals surface area contributed by atoms with E-state index in [-0.39, 0.29) is 12.2 Å². The third-order valence-corrected chi connectivity index (χ3v) is 5.00. The van der Waals surface area contributed by atoms with E-state index in [4.69, 9.17) is 5.11 Å². The molecule has 1 aliphatic rings. The topological polar surface area (TPSA) is 61.6 Å². The van der Waals surface area contributed by atoms with Gasteiger partial charge in [0.1, 0.15) is 0 Å². The maximum Gasteiger partial charge on any atom is 0.274 e. The van der Waals surface area contributed by atoms with Crippen LogP contribution in [0.5, 0.6) is 0 Å². The van der Waals surface area contributed by atoms with Gasteiger partial charge in [0.15, 0.2) is 0 Å². The lowest BCUT2D eigenvalue weighted by Gasteiger charge is -2.34. The highest BCUT2D eigenvalue weighted by molar-refractivity contribution is 5.83. The molecule has 0 radical (unpaired) electrons. The number of hydrogen-bond donors (Lipinski definition) is 1. The third-order valence-electron chi connectivity index (χ3n) is 5.00. The first-order valence-electron chi connectivity index (χ1n) is 9.27. The number of aryl methyl sites for hydroxylation is 2. The molecule has 25 heavy (non-hydrogen) atoms. The van der Waals surface area contributed by atoms with E-state index in [1.807, 2.05) is 24.3 Å². The molecule has 1 fully saturated rings. The highest BCUT2D eigenvalue weighted by Gasteiger charge is 2.16. The van der Waals surface area contributed by atoms with Gasteiger partial charge in [-0.3, -0.25) is 9.69 Å². The molecule has 1 aromatic heterocycles. The molecule has 136 valence electrons. The van der Waals surface area contributed by atoms with Crippen molar-refractivity contribution >= 4 is 10.8 Å². The third kappa shape index (κ3) is 4.26. The van der Waals surface area contributed by atoms with Crippen molar-refractivity contribution in [1.29, 1.82) is 0 Å². The van der Waals surface area contributed by atoms with E-state index in [9.17, 15) is 4.79 Å². The molecule has 2 aromatic rings. The van der Waals surface area contributed by atoms with Crippen LogP contribution in [0.2, 0.25) is 0 Å². The predicted molar refractivity (Wildman–Crippen MR) is 100.0 cm³/mol. The Labute approximate surface area is 148 Å². The number of nitrogens with zero attached hydrogens (tertiary/aromatic N) is 4. The summed E-state index contributed by atoms with van der Waals surface area (Å²) in [6.45, 7) is 8.79. The summed E-state index contributed by atoms with van der Waals surface area (Å²) in [6.07, 6.45) is 1.75. The zero-order chi connectivity index (χ0) is 17.6. The van der Waals surface area contributed by atoms with E-state index in [2.05, 4.69) is 21.8 Å². The molecule has 1 aliphatic heterocycles. The van der Waals surface area contributed by atoms with Crippen molar-refractivity contribution in [1.82, 2.24) is 19.6 Å². The lowest BCUT2D eigenvalue weighted by Crippen LogP contribution is -2.47. The summed E-state index contributed by atoms with van der Waals surface area (Å²) in [5, 5.41) is 15.3. The molecule has 2 heterocycles. The van der Waals surface area contributed by atoms with Gasteiger partial charge in [-0.1, -0.05) is 25.1 Å². The van der Waals surface area contributed by atoms with Gasteiger partial charge in [-0.2, -0.15) is 5.10 Å². The SMILES string of the molecule is CCc1nn(CCCN2CCN(CCO)CC2)c(=O)c2ccccc12. The largest absolute Gasteiger partial charge is 0.395 e. The van der Waals surface area contributed by atoms with Gasteiger partial charge in [0.25, 0.3) is 5.56 Å². The standard InChI is InChI=1S/C19H28N4O2/c1-2-18-16-6-3-4-7-17(16)19(25)23(20-18)9-5-8-21-10-12-22(13-11-21)14-15-24/h3-4,6-7,24H,2,5,8-15H2,1H3. The smallest absolute Gasteiger partial charge is 0.274 e. The molecular weight excluding hydrogens is 316 g/mol. The fourth-order valence-corrected chi connectivity index (χ4v) is 3.54. The molecule has 0 aliphatic carbocycles. The molecule has 1 N–H and O–H groups in total. The summed E-state index contributed by atoms with van der Waals surface area (Å²) in [6, 6.07) is 7.76. The predicted octanol–water partition coefficient (Wildman–Crippen LogP) is 0.959. The number of aromatic nitrogens is 2. The molecule has 1 saturated heterocycles. The van der Waals surface area contributed by atoms with E-state index in [0.29, 0.717) is 6.54 Å². The zero-order valence-electron chi connectivity index (χ0n) is 15.0. The number of β-amino-alcohol motifs (C(OH)–C–C–N with tert-alkyl or cyclic N) is 1. The van der Waals surface area contributed by atoms with Crippen LogP contribution in [0, 0.1) is 0 Å². The van der Waals surface area contributed by atoms with Gasteiger partial charge in [0, 0.05) is 51.2 Å². The number of aliphatic hydroxyl groups excluding tert-OH is 1. The number of benzene rings is 1. The van der Waals surface area contributed by atoms with Crippen molar-refractivity contribution in [3.63, 3.8) is 0 Å². The molecule has 0 atom stereocenters. The van der Waals surface area contributed by atoms with E-state index in [1.165, 1.54) is 0 Å². The Hall–Kier alpha value is -1.76. The summed E-state index contributed by atoms with van der Waals surface area (Å²) in [4.78, 5) is 17.4. The minimum absolute atomic E-state index is 0.0144. The first-order valence-corrected chi connectivity index (χ1v) is 9.27. The fourth-order valence-electron chi connectivity index (χ4n) is 3.54. The van der Waals surface area contributed by atoms with Crippen molar-refractivity contribution in [3.05, 3.63) is 40.3 Å². The monoisotopic (exact) mass is 344 g/mol. The number of piperazine rings is 1. The van der Waals surface area contributed by atoms with Gasteiger partial charge in [-0.15, -0.1) is 0 Å². The Morgan fingerprint density at radius 1 is 1.00 bits per heavy atom. The molecular formula is C19H28N4O2. The van der Waals surface area contributed by atoms with Gasteiger partial charge < -0.3 is 10.0 Å². The van der Waals surface area contributed by atoms with E-state index >= 15 is 0 Å². The molecule has 3 rings (SSSR count). The molecule has 0 spiro atoms. The van der Waals surface area contributed by atoms with Crippen LogP contribution in [0.15, 0.2) is 29.1 Å². The quantitative estimate of drug-likeness (QED) is 0.811. The van der Waals surface area contributed by atoms with Crippen molar-refractivity contribution in [2.75, 3.05) is 45.9 Å². The Morgan fingerprint density at radius 2 is 1.64 bits per heavy atom. The average Bonchev–Trinajstić information content (AvgIpc) is 2.65. The first kappa shape index (κ1) is 18.0. The lowest BCUT2D eigenvalue weighted by molar-refractivity contribution is 0.111. The van der Waals surface area contributed by atoms with Crippen LogP contribution in [0.3, 0.4) is 0 Å². The Balaban J connectivity index is 1.60. The average molecular weight is 344 g/mol.